The molecule has 0 radical (unpaired) electrons. The summed E-state index contributed by atoms with van der Waals surface area (Å²) in [6.45, 7) is 0. The van der Waals surface area contributed by atoms with Crippen LogP contribution in [0.4, 0.5) is 5.69 Å². The van der Waals surface area contributed by atoms with Crippen molar-refractivity contribution in [3.8, 4) is 17.2 Å². The fourth-order valence-corrected chi connectivity index (χ4v) is 1.36. The molecule has 0 aliphatic rings. The second kappa shape index (κ2) is 5.03. The van der Waals surface area contributed by atoms with E-state index in [0.717, 1.165) is 0 Å². The van der Waals surface area contributed by atoms with Crippen LogP contribution in [0.15, 0.2) is 48.5 Å². The molecule has 2 rings (SSSR count). The van der Waals surface area contributed by atoms with Gasteiger partial charge in [-0.25, -0.2) is 0 Å². The minimum atomic E-state index is 0.0857. The van der Waals surface area contributed by atoms with E-state index in [1.54, 1.807) is 48.5 Å². The highest BCUT2D eigenvalue weighted by Gasteiger charge is 2.02. The molecule has 2 aromatic carbocycles. The smallest absolute Gasteiger partial charge is 0.211 e. The van der Waals surface area contributed by atoms with Crippen LogP contribution in [-0.2, 0) is 4.79 Å². The Labute approximate surface area is 98.5 Å². The quantitative estimate of drug-likeness (QED) is 0.792. The molecule has 2 N–H and O–H groups in total. The zero-order valence-electron chi connectivity index (χ0n) is 8.96. The van der Waals surface area contributed by atoms with E-state index in [-0.39, 0.29) is 5.75 Å². The molecule has 86 valence electrons. The number of phenols is 1. The van der Waals surface area contributed by atoms with Crippen molar-refractivity contribution in [1.29, 1.82) is 0 Å². The lowest BCUT2D eigenvalue weighted by Crippen LogP contribution is -1.93. The summed E-state index contributed by atoms with van der Waals surface area (Å²) in [7, 11) is 0. The summed E-state index contributed by atoms with van der Waals surface area (Å²) in [5.41, 5.74) is 0.685. The summed E-state index contributed by atoms with van der Waals surface area (Å²) < 4.78 is 5.48. The van der Waals surface area contributed by atoms with E-state index in [1.165, 1.54) is 0 Å². The van der Waals surface area contributed by atoms with Crippen molar-refractivity contribution < 1.29 is 14.6 Å². The highest BCUT2D eigenvalue weighted by molar-refractivity contribution is 5.71. The lowest BCUT2D eigenvalue weighted by molar-refractivity contribution is -0.105. The third-order valence-electron chi connectivity index (χ3n) is 2.17. The molecule has 0 fully saturated rings. The first kappa shape index (κ1) is 11.0. The highest BCUT2D eigenvalue weighted by Crippen LogP contribution is 2.30. The van der Waals surface area contributed by atoms with Gasteiger partial charge >= 0.3 is 0 Å². The second-order valence-electron chi connectivity index (χ2n) is 3.36. The molecule has 0 aromatic heterocycles. The predicted molar refractivity (Wildman–Crippen MR) is 64.3 cm³/mol. The van der Waals surface area contributed by atoms with Gasteiger partial charge in [0.2, 0.25) is 6.41 Å². The van der Waals surface area contributed by atoms with Crippen molar-refractivity contribution in [2.45, 2.75) is 0 Å². The van der Waals surface area contributed by atoms with Crippen molar-refractivity contribution in [3.63, 3.8) is 0 Å². The molecule has 0 aliphatic carbocycles. The molecule has 0 heterocycles. The molecule has 1 amide bonds. The molecule has 0 unspecified atom stereocenters. The number of aromatic hydroxyl groups is 1. The molecule has 17 heavy (non-hydrogen) atoms. The second-order valence-corrected chi connectivity index (χ2v) is 3.36. The van der Waals surface area contributed by atoms with Gasteiger partial charge in [-0.3, -0.25) is 4.79 Å². The number of para-hydroxylation sites is 2. The summed E-state index contributed by atoms with van der Waals surface area (Å²) in [5, 5.41) is 12.1. The summed E-state index contributed by atoms with van der Waals surface area (Å²) >= 11 is 0. The number of hydrogen-bond donors (Lipinski definition) is 2. The maximum atomic E-state index is 10.2. The van der Waals surface area contributed by atoms with Gasteiger partial charge in [0.05, 0.1) is 0 Å². The van der Waals surface area contributed by atoms with Gasteiger partial charge in [-0.2, -0.15) is 0 Å². The molecule has 0 aliphatic heterocycles. The number of nitrogens with one attached hydrogen (secondary N) is 1. The third-order valence-corrected chi connectivity index (χ3v) is 2.17. The number of anilines is 1. The molecule has 4 heteroatoms. The van der Waals surface area contributed by atoms with Gasteiger partial charge < -0.3 is 15.2 Å². The van der Waals surface area contributed by atoms with Crippen LogP contribution in [-0.4, -0.2) is 11.5 Å². The molecule has 0 saturated carbocycles. The number of carbonyl (C=O) groups is 1. The molecular formula is C13H11NO3. The van der Waals surface area contributed by atoms with Crippen LogP contribution in [0.3, 0.4) is 0 Å². The Morgan fingerprint density at radius 3 is 2.41 bits per heavy atom. The number of benzene rings is 2. The topological polar surface area (TPSA) is 58.6 Å². The number of hydrogen-bond acceptors (Lipinski definition) is 3. The average Bonchev–Trinajstić information content (AvgIpc) is 2.35. The highest BCUT2D eigenvalue weighted by atomic mass is 16.5. The number of rotatable bonds is 4. The molecule has 2 aromatic rings. The van der Waals surface area contributed by atoms with E-state index in [9.17, 15) is 9.90 Å². The normalized spacial score (nSPS) is 9.65. The van der Waals surface area contributed by atoms with Crippen LogP contribution < -0.4 is 10.1 Å². The van der Waals surface area contributed by atoms with E-state index < -0.39 is 0 Å². The van der Waals surface area contributed by atoms with Gasteiger partial charge in [0.25, 0.3) is 0 Å². The Morgan fingerprint density at radius 2 is 1.76 bits per heavy atom. The van der Waals surface area contributed by atoms with Gasteiger partial charge in [0.1, 0.15) is 5.75 Å². The van der Waals surface area contributed by atoms with E-state index in [0.29, 0.717) is 23.6 Å². The minimum Gasteiger partial charge on any atom is -0.504 e. The van der Waals surface area contributed by atoms with Gasteiger partial charge in [-0.1, -0.05) is 12.1 Å². The van der Waals surface area contributed by atoms with Crippen LogP contribution >= 0.6 is 0 Å². The van der Waals surface area contributed by atoms with Gasteiger partial charge in [0.15, 0.2) is 11.5 Å². The third kappa shape index (κ3) is 2.75. The van der Waals surface area contributed by atoms with E-state index in [2.05, 4.69) is 5.32 Å². The number of amides is 1. The SMILES string of the molecule is O=CNc1ccc(Oc2ccccc2O)cc1. The molecular weight excluding hydrogens is 218 g/mol. The zero-order chi connectivity index (χ0) is 12.1. The summed E-state index contributed by atoms with van der Waals surface area (Å²) in [5.74, 6) is 1.06. The van der Waals surface area contributed by atoms with Crippen molar-refractivity contribution in [3.05, 3.63) is 48.5 Å². The first-order valence-electron chi connectivity index (χ1n) is 5.05. The summed E-state index contributed by atoms with van der Waals surface area (Å²) in [6, 6.07) is 13.6. The minimum absolute atomic E-state index is 0.0857. The molecule has 0 atom stereocenters. The predicted octanol–water partition coefficient (Wildman–Crippen LogP) is 2.75. The Hall–Kier alpha value is -2.49. The van der Waals surface area contributed by atoms with Crippen molar-refractivity contribution >= 4 is 12.1 Å². The largest absolute Gasteiger partial charge is 0.504 e. The molecule has 0 spiro atoms. The zero-order valence-corrected chi connectivity index (χ0v) is 8.96. The Morgan fingerprint density at radius 1 is 1.06 bits per heavy atom. The van der Waals surface area contributed by atoms with Crippen molar-refractivity contribution in [1.82, 2.24) is 0 Å². The first-order chi connectivity index (χ1) is 8.29. The van der Waals surface area contributed by atoms with Crippen LogP contribution in [0.25, 0.3) is 0 Å². The maximum absolute atomic E-state index is 10.2. The number of phenolic OH excluding ortho intramolecular Hbond substituents is 1. The van der Waals surface area contributed by atoms with Crippen molar-refractivity contribution in [2.75, 3.05) is 5.32 Å². The first-order valence-corrected chi connectivity index (χ1v) is 5.05. The fraction of sp³-hybridized carbons (Fsp3) is 0. The Balaban J connectivity index is 2.14. The summed E-state index contributed by atoms with van der Waals surface area (Å²) in [4.78, 5) is 10.2. The van der Waals surface area contributed by atoms with Gasteiger partial charge in [-0.05, 0) is 36.4 Å². The Bertz CT molecular complexity index is 508. The van der Waals surface area contributed by atoms with E-state index in [1.807, 2.05) is 0 Å². The van der Waals surface area contributed by atoms with Crippen molar-refractivity contribution in [2.24, 2.45) is 0 Å². The fourth-order valence-electron chi connectivity index (χ4n) is 1.36. The number of ether oxygens (including phenoxy) is 1. The molecule has 0 saturated heterocycles. The lowest BCUT2D eigenvalue weighted by Gasteiger charge is -2.07. The monoisotopic (exact) mass is 229 g/mol. The summed E-state index contributed by atoms with van der Waals surface area (Å²) in [6.07, 6.45) is 0.610. The molecule has 0 bridgehead atoms. The van der Waals surface area contributed by atoms with E-state index in [4.69, 9.17) is 4.74 Å². The average molecular weight is 229 g/mol. The lowest BCUT2D eigenvalue weighted by atomic mass is 10.3. The van der Waals surface area contributed by atoms with E-state index >= 15 is 0 Å². The Kier molecular flexibility index (Phi) is 3.25. The van der Waals surface area contributed by atoms with Gasteiger partial charge in [0, 0.05) is 5.69 Å². The molecule has 4 nitrogen and oxygen atoms in total. The van der Waals surface area contributed by atoms with Crippen LogP contribution in [0, 0.1) is 0 Å². The van der Waals surface area contributed by atoms with Gasteiger partial charge in [-0.15, -0.1) is 0 Å². The van der Waals surface area contributed by atoms with Crippen LogP contribution in [0.2, 0.25) is 0 Å². The van der Waals surface area contributed by atoms with Crippen LogP contribution in [0.5, 0.6) is 17.2 Å². The number of carbonyl (C=O) groups excluding carboxylic acids is 1. The standard InChI is InChI=1S/C13H11NO3/c15-9-14-10-5-7-11(8-6-10)17-13-4-2-1-3-12(13)16/h1-9,16H,(H,14,15). The maximum Gasteiger partial charge on any atom is 0.211 e. The van der Waals surface area contributed by atoms with Crippen LogP contribution in [0.1, 0.15) is 0 Å².